The van der Waals surface area contributed by atoms with E-state index >= 15 is 0 Å². The zero-order chi connectivity index (χ0) is 17.6. The minimum atomic E-state index is 0.0308. The van der Waals surface area contributed by atoms with Crippen LogP contribution in [0.15, 0.2) is 48.5 Å². The second kappa shape index (κ2) is 7.88. The summed E-state index contributed by atoms with van der Waals surface area (Å²) >= 11 is 0. The fourth-order valence-electron chi connectivity index (χ4n) is 3.02. The first-order valence-corrected chi connectivity index (χ1v) is 8.56. The van der Waals surface area contributed by atoms with Crippen LogP contribution in [-0.4, -0.2) is 31.1 Å². The number of hydrogen-bond acceptors (Lipinski definition) is 3. The lowest BCUT2D eigenvalue weighted by molar-refractivity contribution is -0.126. The van der Waals surface area contributed by atoms with Gasteiger partial charge in [0.1, 0.15) is 0 Å². The third-order valence-corrected chi connectivity index (χ3v) is 4.35. The maximum Gasteiger partial charge on any atom is 0.246 e. The van der Waals surface area contributed by atoms with Crippen LogP contribution in [0.25, 0.3) is 6.08 Å². The molecule has 1 heterocycles. The number of nitrogens with zero attached hydrogens (tertiary/aromatic N) is 1. The minimum Gasteiger partial charge on any atom is -0.493 e. The van der Waals surface area contributed by atoms with Crippen molar-refractivity contribution in [3.05, 3.63) is 65.2 Å². The summed E-state index contributed by atoms with van der Waals surface area (Å²) in [5, 5.41) is 0. The van der Waals surface area contributed by atoms with Gasteiger partial charge in [-0.2, -0.15) is 0 Å². The molecular formula is C21H23NO3. The summed E-state index contributed by atoms with van der Waals surface area (Å²) in [5.74, 6) is 1.41. The Labute approximate surface area is 148 Å². The molecule has 1 aliphatic heterocycles. The van der Waals surface area contributed by atoms with Crippen LogP contribution >= 0.6 is 0 Å². The van der Waals surface area contributed by atoms with Crippen molar-refractivity contribution in [2.75, 3.05) is 20.3 Å². The number of fused-ring (bicyclic) bond motifs is 1. The van der Waals surface area contributed by atoms with E-state index in [1.165, 1.54) is 11.1 Å². The highest BCUT2D eigenvalue weighted by Crippen LogP contribution is 2.28. The first kappa shape index (κ1) is 17.1. The molecule has 0 fully saturated rings. The zero-order valence-electron chi connectivity index (χ0n) is 14.7. The summed E-state index contributed by atoms with van der Waals surface area (Å²) in [4.78, 5) is 14.4. The lowest BCUT2D eigenvalue weighted by atomic mass is 10.00. The molecule has 0 spiro atoms. The van der Waals surface area contributed by atoms with E-state index in [0.29, 0.717) is 24.7 Å². The van der Waals surface area contributed by atoms with Crippen LogP contribution in [0.2, 0.25) is 0 Å². The van der Waals surface area contributed by atoms with Gasteiger partial charge in [0.25, 0.3) is 0 Å². The van der Waals surface area contributed by atoms with Crippen LogP contribution in [0, 0.1) is 0 Å². The molecule has 0 saturated carbocycles. The molecule has 1 amide bonds. The van der Waals surface area contributed by atoms with E-state index in [4.69, 9.17) is 9.47 Å². The van der Waals surface area contributed by atoms with E-state index in [-0.39, 0.29) is 5.91 Å². The van der Waals surface area contributed by atoms with Gasteiger partial charge in [0.05, 0.1) is 13.7 Å². The van der Waals surface area contributed by atoms with Gasteiger partial charge in [0.2, 0.25) is 5.91 Å². The van der Waals surface area contributed by atoms with Gasteiger partial charge in [0.15, 0.2) is 11.5 Å². The Morgan fingerprint density at radius 3 is 2.72 bits per heavy atom. The number of carbonyl (C=O) groups excluding carboxylic acids is 1. The fraction of sp³-hybridized carbons (Fsp3) is 0.286. The van der Waals surface area contributed by atoms with Gasteiger partial charge in [0, 0.05) is 19.2 Å². The Morgan fingerprint density at radius 1 is 1.16 bits per heavy atom. The number of carbonyl (C=O) groups is 1. The van der Waals surface area contributed by atoms with Crippen molar-refractivity contribution in [3.63, 3.8) is 0 Å². The van der Waals surface area contributed by atoms with E-state index in [9.17, 15) is 4.79 Å². The molecule has 0 radical (unpaired) electrons. The molecule has 0 aliphatic carbocycles. The van der Waals surface area contributed by atoms with Crippen molar-refractivity contribution in [3.8, 4) is 11.5 Å². The molecule has 0 N–H and O–H groups in total. The highest BCUT2D eigenvalue weighted by atomic mass is 16.5. The standard InChI is InChI=1S/C21H23NO3/c1-3-25-20-14-16(8-10-19(20)24-2)9-11-21(23)22-13-12-17-6-4-5-7-18(17)15-22/h4-11,14H,3,12-13,15H2,1-2H3/b11-9+. The third-order valence-electron chi connectivity index (χ3n) is 4.35. The maximum atomic E-state index is 12.5. The molecular weight excluding hydrogens is 314 g/mol. The van der Waals surface area contributed by atoms with Gasteiger partial charge in [-0.1, -0.05) is 30.3 Å². The van der Waals surface area contributed by atoms with Crippen LogP contribution in [-0.2, 0) is 17.8 Å². The van der Waals surface area contributed by atoms with Crippen LogP contribution in [0.4, 0.5) is 0 Å². The van der Waals surface area contributed by atoms with E-state index < -0.39 is 0 Å². The molecule has 1 aliphatic rings. The number of rotatable bonds is 5. The number of methoxy groups -OCH3 is 1. The monoisotopic (exact) mass is 337 g/mol. The molecule has 0 aromatic heterocycles. The molecule has 3 rings (SSSR count). The van der Waals surface area contributed by atoms with Gasteiger partial charge >= 0.3 is 0 Å². The predicted octanol–water partition coefficient (Wildman–Crippen LogP) is 3.69. The molecule has 4 heteroatoms. The van der Waals surface area contributed by atoms with Gasteiger partial charge in [-0.3, -0.25) is 4.79 Å². The molecule has 25 heavy (non-hydrogen) atoms. The zero-order valence-corrected chi connectivity index (χ0v) is 14.7. The Kier molecular flexibility index (Phi) is 5.39. The third kappa shape index (κ3) is 4.02. The molecule has 0 unspecified atom stereocenters. The minimum absolute atomic E-state index is 0.0308. The molecule has 130 valence electrons. The first-order valence-electron chi connectivity index (χ1n) is 8.56. The lowest BCUT2D eigenvalue weighted by Crippen LogP contribution is -2.34. The van der Waals surface area contributed by atoms with Gasteiger partial charge in [-0.15, -0.1) is 0 Å². The van der Waals surface area contributed by atoms with Gasteiger partial charge < -0.3 is 14.4 Å². The lowest BCUT2D eigenvalue weighted by Gasteiger charge is -2.27. The van der Waals surface area contributed by atoms with E-state index in [1.807, 2.05) is 42.2 Å². The summed E-state index contributed by atoms with van der Waals surface area (Å²) in [6, 6.07) is 14.0. The topological polar surface area (TPSA) is 38.8 Å². The summed E-state index contributed by atoms with van der Waals surface area (Å²) in [7, 11) is 1.62. The molecule has 2 aromatic rings. The second-order valence-corrected chi connectivity index (χ2v) is 5.96. The summed E-state index contributed by atoms with van der Waals surface area (Å²) in [6.07, 6.45) is 4.36. The van der Waals surface area contributed by atoms with Crippen molar-refractivity contribution in [1.82, 2.24) is 4.90 Å². The normalized spacial score (nSPS) is 13.6. The van der Waals surface area contributed by atoms with Crippen LogP contribution in [0.3, 0.4) is 0 Å². The Bertz CT molecular complexity index is 782. The summed E-state index contributed by atoms with van der Waals surface area (Å²) in [5.41, 5.74) is 3.49. The first-order chi connectivity index (χ1) is 12.2. The van der Waals surface area contributed by atoms with E-state index in [1.54, 1.807) is 13.2 Å². The van der Waals surface area contributed by atoms with Crippen molar-refractivity contribution in [2.24, 2.45) is 0 Å². The number of ether oxygens (including phenoxy) is 2. The van der Waals surface area contributed by atoms with Crippen molar-refractivity contribution in [2.45, 2.75) is 19.9 Å². The average Bonchev–Trinajstić information content (AvgIpc) is 2.66. The summed E-state index contributed by atoms with van der Waals surface area (Å²) in [6.45, 7) is 3.93. The van der Waals surface area contributed by atoms with Crippen LogP contribution in [0.1, 0.15) is 23.6 Å². The van der Waals surface area contributed by atoms with Gasteiger partial charge in [-0.05, 0) is 48.2 Å². The van der Waals surface area contributed by atoms with E-state index in [2.05, 4.69) is 18.2 Å². The highest BCUT2D eigenvalue weighted by molar-refractivity contribution is 5.92. The number of benzene rings is 2. The van der Waals surface area contributed by atoms with Gasteiger partial charge in [-0.25, -0.2) is 0 Å². The number of amides is 1. The Morgan fingerprint density at radius 2 is 1.96 bits per heavy atom. The fourth-order valence-corrected chi connectivity index (χ4v) is 3.02. The Hall–Kier alpha value is -2.75. The molecule has 4 nitrogen and oxygen atoms in total. The Balaban J connectivity index is 1.70. The molecule has 0 atom stereocenters. The molecule has 0 bridgehead atoms. The van der Waals surface area contributed by atoms with Crippen molar-refractivity contribution < 1.29 is 14.3 Å². The second-order valence-electron chi connectivity index (χ2n) is 5.96. The SMILES string of the molecule is CCOc1cc(/C=C/C(=O)N2CCc3ccccc3C2)ccc1OC. The smallest absolute Gasteiger partial charge is 0.246 e. The molecule has 0 saturated heterocycles. The van der Waals surface area contributed by atoms with Crippen LogP contribution < -0.4 is 9.47 Å². The largest absolute Gasteiger partial charge is 0.493 e. The maximum absolute atomic E-state index is 12.5. The van der Waals surface area contributed by atoms with Crippen molar-refractivity contribution >= 4 is 12.0 Å². The van der Waals surface area contributed by atoms with Crippen molar-refractivity contribution in [1.29, 1.82) is 0 Å². The average molecular weight is 337 g/mol. The quantitative estimate of drug-likeness (QED) is 0.781. The molecule has 2 aromatic carbocycles. The highest BCUT2D eigenvalue weighted by Gasteiger charge is 2.18. The van der Waals surface area contributed by atoms with Crippen LogP contribution in [0.5, 0.6) is 11.5 Å². The number of hydrogen-bond donors (Lipinski definition) is 0. The summed E-state index contributed by atoms with van der Waals surface area (Å²) < 4.78 is 10.9. The van der Waals surface area contributed by atoms with E-state index in [0.717, 1.165) is 18.5 Å². The predicted molar refractivity (Wildman–Crippen MR) is 98.8 cm³/mol.